The summed E-state index contributed by atoms with van der Waals surface area (Å²) in [5.41, 5.74) is 3.94. The molecule has 2 aromatic carbocycles. The van der Waals surface area contributed by atoms with Crippen molar-refractivity contribution in [2.75, 3.05) is 31.6 Å². The largest absolute Gasteiger partial charge is 0.379 e. The van der Waals surface area contributed by atoms with Crippen LogP contribution in [0.1, 0.15) is 17.5 Å². The maximum atomic E-state index is 12.7. The molecular weight excluding hydrogens is 446 g/mol. The molecule has 1 aliphatic heterocycles. The first-order valence-corrected chi connectivity index (χ1v) is 12.7. The molecule has 2 heterocycles. The van der Waals surface area contributed by atoms with Crippen LogP contribution in [0.2, 0.25) is 0 Å². The number of ether oxygens (including phenoxy) is 1. The number of nitrogens with one attached hydrogen (secondary N) is 1. The maximum Gasteiger partial charge on any atom is 0.243 e. The molecule has 3 aromatic rings. The Hall–Kier alpha value is -2.59. The summed E-state index contributed by atoms with van der Waals surface area (Å²) in [6.07, 6.45) is 0.800. The highest BCUT2D eigenvalue weighted by atomic mass is 32.2. The van der Waals surface area contributed by atoms with Crippen LogP contribution < -0.4 is 5.32 Å². The number of rotatable bonds is 7. The lowest BCUT2D eigenvalue weighted by Gasteiger charge is -2.26. The van der Waals surface area contributed by atoms with Gasteiger partial charge >= 0.3 is 0 Å². The van der Waals surface area contributed by atoms with E-state index >= 15 is 0 Å². The summed E-state index contributed by atoms with van der Waals surface area (Å²) in [6, 6.07) is 14.7. The zero-order valence-corrected chi connectivity index (χ0v) is 19.4. The van der Waals surface area contributed by atoms with E-state index in [0.717, 1.165) is 22.4 Å². The van der Waals surface area contributed by atoms with E-state index in [0.29, 0.717) is 37.9 Å². The second-order valence-electron chi connectivity index (χ2n) is 7.56. The monoisotopic (exact) mass is 471 g/mol. The van der Waals surface area contributed by atoms with Gasteiger partial charge in [0.15, 0.2) is 5.13 Å². The minimum absolute atomic E-state index is 0.124. The molecule has 32 heavy (non-hydrogen) atoms. The molecule has 1 aliphatic rings. The lowest BCUT2D eigenvalue weighted by Crippen LogP contribution is -2.40. The zero-order valence-electron chi connectivity index (χ0n) is 17.8. The topological polar surface area (TPSA) is 88.6 Å². The lowest BCUT2D eigenvalue weighted by molar-refractivity contribution is -0.116. The van der Waals surface area contributed by atoms with Crippen molar-refractivity contribution in [2.24, 2.45) is 0 Å². The molecule has 0 saturated carbocycles. The molecule has 9 heteroatoms. The minimum atomic E-state index is -3.51. The van der Waals surface area contributed by atoms with E-state index in [1.54, 1.807) is 24.3 Å². The van der Waals surface area contributed by atoms with Gasteiger partial charge in [-0.05, 0) is 36.6 Å². The van der Waals surface area contributed by atoms with Gasteiger partial charge in [0.2, 0.25) is 15.9 Å². The number of thiazole rings is 1. The van der Waals surface area contributed by atoms with Crippen molar-refractivity contribution < 1.29 is 17.9 Å². The predicted molar refractivity (Wildman–Crippen MR) is 125 cm³/mol. The zero-order chi connectivity index (χ0) is 22.6. The molecule has 0 spiro atoms. The number of amides is 1. The average molecular weight is 472 g/mol. The highest BCUT2D eigenvalue weighted by Gasteiger charge is 2.26. The molecule has 4 rings (SSSR count). The molecular formula is C23H25N3O4S2. The van der Waals surface area contributed by atoms with E-state index in [1.165, 1.54) is 15.6 Å². The van der Waals surface area contributed by atoms with Gasteiger partial charge in [-0.2, -0.15) is 4.31 Å². The van der Waals surface area contributed by atoms with Crippen molar-refractivity contribution in [3.8, 4) is 11.3 Å². The van der Waals surface area contributed by atoms with Gasteiger partial charge in [-0.3, -0.25) is 4.79 Å². The summed E-state index contributed by atoms with van der Waals surface area (Å²) < 4.78 is 32.1. The van der Waals surface area contributed by atoms with Crippen LogP contribution in [-0.4, -0.2) is 49.9 Å². The number of nitrogens with zero attached hydrogens (tertiary/aromatic N) is 2. The van der Waals surface area contributed by atoms with Gasteiger partial charge in [-0.1, -0.05) is 36.4 Å². The fourth-order valence-electron chi connectivity index (χ4n) is 3.52. The number of hydrogen-bond acceptors (Lipinski definition) is 6. The summed E-state index contributed by atoms with van der Waals surface area (Å²) in [5, 5.41) is 5.36. The van der Waals surface area contributed by atoms with E-state index in [4.69, 9.17) is 4.74 Å². The highest BCUT2D eigenvalue weighted by Crippen LogP contribution is 2.27. The van der Waals surface area contributed by atoms with E-state index in [1.807, 2.05) is 36.6 Å². The fourth-order valence-corrected chi connectivity index (χ4v) is 5.65. The lowest BCUT2D eigenvalue weighted by atomic mass is 10.1. The maximum absolute atomic E-state index is 12.7. The second-order valence-corrected chi connectivity index (χ2v) is 10.4. The number of anilines is 1. The quantitative estimate of drug-likeness (QED) is 0.568. The van der Waals surface area contributed by atoms with Gasteiger partial charge in [-0.15, -0.1) is 11.3 Å². The van der Waals surface area contributed by atoms with Crippen LogP contribution in [0, 0.1) is 6.92 Å². The second kappa shape index (κ2) is 9.91. The molecule has 0 bridgehead atoms. The number of aromatic nitrogens is 1. The van der Waals surface area contributed by atoms with Crippen LogP contribution in [0.3, 0.4) is 0 Å². The molecule has 0 atom stereocenters. The van der Waals surface area contributed by atoms with Gasteiger partial charge in [0.1, 0.15) is 0 Å². The summed E-state index contributed by atoms with van der Waals surface area (Å²) in [5.74, 6) is -0.124. The smallest absolute Gasteiger partial charge is 0.243 e. The molecule has 0 radical (unpaired) electrons. The molecule has 1 fully saturated rings. The van der Waals surface area contributed by atoms with Gasteiger partial charge in [0.05, 0.1) is 23.8 Å². The number of benzene rings is 2. The van der Waals surface area contributed by atoms with Crippen molar-refractivity contribution in [2.45, 2.75) is 24.7 Å². The number of sulfonamides is 1. The Kier molecular flexibility index (Phi) is 7.00. The Morgan fingerprint density at radius 3 is 2.56 bits per heavy atom. The van der Waals surface area contributed by atoms with Crippen molar-refractivity contribution in [1.29, 1.82) is 0 Å². The van der Waals surface area contributed by atoms with Gasteiger partial charge < -0.3 is 10.1 Å². The van der Waals surface area contributed by atoms with Crippen LogP contribution in [0.4, 0.5) is 5.13 Å². The molecule has 1 saturated heterocycles. The summed E-state index contributed by atoms with van der Waals surface area (Å²) >= 11 is 1.40. The third-order valence-electron chi connectivity index (χ3n) is 5.34. The molecule has 1 amide bonds. The van der Waals surface area contributed by atoms with Gasteiger partial charge in [-0.25, -0.2) is 13.4 Å². The third kappa shape index (κ3) is 5.24. The Morgan fingerprint density at radius 2 is 1.84 bits per heavy atom. The minimum Gasteiger partial charge on any atom is -0.379 e. The molecule has 0 aliphatic carbocycles. The summed E-state index contributed by atoms with van der Waals surface area (Å²) in [4.78, 5) is 17.2. The standard InChI is InChI=1S/C23H25N3O4S2/c1-17-4-2-3-5-20(17)21-16-31-23(24-21)25-22(27)11-8-18-6-9-19(10-7-18)32(28,29)26-12-14-30-15-13-26/h2-7,9-10,16H,8,11-15H2,1H3,(H,24,25,27). The average Bonchev–Trinajstić information content (AvgIpc) is 3.27. The van der Waals surface area contributed by atoms with Gasteiger partial charge in [0, 0.05) is 30.5 Å². The predicted octanol–water partition coefficient (Wildman–Crippen LogP) is 3.71. The number of carbonyl (C=O) groups is 1. The summed E-state index contributed by atoms with van der Waals surface area (Å²) in [7, 11) is -3.51. The van der Waals surface area contributed by atoms with Crippen molar-refractivity contribution in [3.63, 3.8) is 0 Å². The Morgan fingerprint density at radius 1 is 1.12 bits per heavy atom. The van der Waals surface area contributed by atoms with Crippen LogP contribution in [0.5, 0.6) is 0 Å². The fraction of sp³-hybridized carbons (Fsp3) is 0.304. The Bertz CT molecular complexity index is 1180. The molecule has 168 valence electrons. The Labute approximate surface area is 192 Å². The number of morpholine rings is 1. The number of carbonyl (C=O) groups excluding carboxylic acids is 1. The van der Waals surface area contributed by atoms with Gasteiger partial charge in [0.25, 0.3) is 0 Å². The number of aryl methyl sites for hydroxylation is 2. The van der Waals surface area contributed by atoms with Crippen molar-refractivity contribution in [1.82, 2.24) is 9.29 Å². The molecule has 7 nitrogen and oxygen atoms in total. The highest BCUT2D eigenvalue weighted by molar-refractivity contribution is 7.89. The normalized spacial score (nSPS) is 14.9. The van der Waals surface area contributed by atoms with Crippen molar-refractivity contribution >= 4 is 32.4 Å². The van der Waals surface area contributed by atoms with Crippen LogP contribution in [0.25, 0.3) is 11.3 Å². The van der Waals surface area contributed by atoms with E-state index in [9.17, 15) is 13.2 Å². The van der Waals surface area contributed by atoms with E-state index in [-0.39, 0.29) is 17.2 Å². The summed E-state index contributed by atoms with van der Waals surface area (Å²) in [6.45, 7) is 3.60. The van der Waals surface area contributed by atoms with E-state index in [2.05, 4.69) is 10.3 Å². The van der Waals surface area contributed by atoms with Crippen LogP contribution in [0.15, 0.2) is 58.8 Å². The third-order valence-corrected chi connectivity index (χ3v) is 8.01. The first kappa shape index (κ1) is 22.6. The SMILES string of the molecule is Cc1ccccc1-c1csc(NC(=O)CCc2ccc(S(=O)(=O)N3CCOCC3)cc2)n1. The first-order chi connectivity index (χ1) is 15.4. The molecule has 0 unspecified atom stereocenters. The first-order valence-electron chi connectivity index (χ1n) is 10.4. The molecule has 1 aromatic heterocycles. The van der Waals surface area contributed by atoms with Crippen LogP contribution >= 0.6 is 11.3 Å². The Balaban J connectivity index is 1.32. The molecule has 1 N–H and O–H groups in total. The van der Waals surface area contributed by atoms with Crippen molar-refractivity contribution in [3.05, 3.63) is 65.0 Å². The van der Waals surface area contributed by atoms with E-state index < -0.39 is 10.0 Å². The van der Waals surface area contributed by atoms with Crippen LogP contribution in [-0.2, 0) is 26.0 Å². The number of hydrogen-bond donors (Lipinski definition) is 1.